The third-order valence-electron chi connectivity index (χ3n) is 5.21. The molecule has 0 atom stereocenters. The molecule has 0 saturated carbocycles. The molecule has 0 spiro atoms. The number of nitrogens with one attached hydrogen (secondary N) is 2. The third-order valence-corrected chi connectivity index (χ3v) is 6.17. The first-order valence-electron chi connectivity index (χ1n) is 10.6. The minimum absolute atomic E-state index is 0.110. The molecule has 0 fully saturated rings. The number of aryl methyl sites for hydroxylation is 4. The van der Waals surface area contributed by atoms with Gasteiger partial charge in [0.15, 0.2) is 5.16 Å². The van der Waals surface area contributed by atoms with E-state index in [0.29, 0.717) is 17.5 Å². The van der Waals surface area contributed by atoms with Gasteiger partial charge in [-0.25, -0.2) is 0 Å². The number of carbonyl (C=O) groups is 2. The Morgan fingerprint density at radius 1 is 0.906 bits per heavy atom. The number of aromatic nitrogens is 3. The first-order chi connectivity index (χ1) is 15.3. The van der Waals surface area contributed by atoms with Crippen LogP contribution in [0.2, 0.25) is 0 Å². The van der Waals surface area contributed by atoms with E-state index >= 15 is 0 Å². The van der Waals surface area contributed by atoms with Crippen molar-refractivity contribution in [3.8, 4) is 0 Å². The number of nitrogens with zero attached hydrogens (tertiary/aromatic N) is 3. The lowest BCUT2D eigenvalue weighted by Crippen LogP contribution is -2.18. The SMILES string of the molecule is CCn1c(CC(=O)Nc2ccc(C)c(C)c2)nnc1SCC(=O)Nc1ccc(C)cc1C. The molecule has 32 heavy (non-hydrogen) atoms. The third kappa shape index (κ3) is 5.97. The number of carbonyl (C=O) groups excluding carboxylic acids is 2. The van der Waals surface area contributed by atoms with Crippen LogP contribution in [0.1, 0.15) is 35.0 Å². The Morgan fingerprint density at radius 3 is 2.38 bits per heavy atom. The van der Waals surface area contributed by atoms with Crippen molar-refractivity contribution in [1.82, 2.24) is 14.8 Å². The molecule has 0 bridgehead atoms. The number of benzene rings is 2. The number of rotatable bonds is 8. The van der Waals surface area contributed by atoms with Gasteiger partial charge in [0.2, 0.25) is 11.8 Å². The van der Waals surface area contributed by atoms with Gasteiger partial charge in [-0.15, -0.1) is 10.2 Å². The summed E-state index contributed by atoms with van der Waals surface area (Å²) in [6.07, 6.45) is 0.114. The summed E-state index contributed by atoms with van der Waals surface area (Å²) in [6.45, 7) is 10.6. The van der Waals surface area contributed by atoms with E-state index in [2.05, 4.69) is 20.8 Å². The van der Waals surface area contributed by atoms with Gasteiger partial charge in [0, 0.05) is 17.9 Å². The minimum Gasteiger partial charge on any atom is -0.326 e. The summed E-state index contributed by atoms with van der Waals surface area (Å²) in [5, 5.41) is 14.9. The zero-order valence-corrected chi connectivity index (χ0v) is 20.0. The predicted octanol–water partition coefficient (Wildman–Crippen LogP) is 4.44. The monoisotopic (exact) mass is 451 g/mol. The molecule has 8 heteroatoms. The van der Waals surface area contributed by atoms with Crippen molar-refractivity contribution in [3.05, 3.63) is 64.5 Å². The van der Waals surface area contributed by atoms with Crippen LogP contribution in [0.3, 0.4) is 0 Å². The lowest BCUT2D eigenvalue weighted by molar-refractivity contribution is -0.116. The van der Waals surface area contributed by atoms with Gasteiger partial charge in [-0.3, -0.25) is 9.59 Å². The lowest BCUT2D eigenvalue weighted by Gasteiger charge is -2.10. The zero-order chi connectivity index (χ0) is 23.3. The highest BCUT2D eigenvalue weighted by atomic mass is 32.2. The number of amides is 2. The van der Waals surface area contributed by atoms with Gasteiger partial charge in [-0.05, 0) is 69.5 Å². The van der Waals surface area contributed by atoms with E-state index in [9.17, 15) is 9.59 Å². The second-order valence-electron chi connectivity index (χ2n) is 7.82. The fourth-order valence-corrected chi connectivity index (χ4v) is 4.13. The van der Waals surface area contributed by atoms with Crippen molar-refractivity contribution in [2.75, 3.05) is 16.4 Å². The molecule has 2 amide bonds. The number of hydrogen-bond acceptors (Lipinski definition) is 5. The zero-order valence-electron chi connectivity index (χ0n) is 19.2. The van der Waals surface area contributed by atoms with E-state index in [4.69, 9.17) is 0 Å². The molecule has 168 valence electrons. The molecule has 0 saturated heterocycles. The van der Waals surface area contributed by atoms with Gasteiger partial charge in [0.1, 0.15) is 5.82 Å². The Balaban J connectivity index is 1.59. The van der Waals surface area contributed by atoms with Gasteiger partial charge < -0.3 is 15.2 Å². The Labute approximate surface area is 193 Å². The molecule has 0 unspecified atom stereocenters. The fourth-order valence-electron chi connectivity index (χ4n) is 3.31. The predicted molar refractivity (Wildman–Crippen MR) is 129 cm³/mol. The van der Waals surface area contributed by atoms with Crippen molar-refractivity contribution in [2.24, 2.45) is 0 Å². The van der Waals surface area contributed by atoms with Crippen LogP contribution in [0.5, 0.6) is 0 Å². The van der Waals surface area contributed by atoms with Crippen molar-refractivity contribution in [3.63, 3.8) is 0 Å². The number of anilines is 2. The lowest BCUT2D eigenvalue weighted by atomic mass is 10.1. The molecular weight excluding hydrogens is 422 g/mol. The molecule has 1 heterocycles. The molecule has 2 N–H and O–H groups in total. The van der Waals surface area contributed by atoms with Crippen LogP contribution < -0.4 is 10.6 Å². The summed E-state index contributed by atoms with van der Waals surface area (Å²) in [6, 6.07) is 11.7. The Morgan fingerprint density at radius 2 is 1.69 bits per heavy atom. The largest absolute Gasteiger partial charge is 0.326 e. The Kier molecular flexibility index (Phi) is 7.69. The van der Waals surface area contributed by atoms with E-state index in [1.807, 2.05) is 75.6 Å². The summed E-state index contributed by atoms with van der Waals surface area (Å²) in [5.74, 6) is 0.521. The smallest absolute Gasteiger partial charge is 0.234 e. The van der Waals surface area contributed by atoms with Crippen molar-refractivity contribution in [2.45, 2.75) is 52.7 Å². The van der Waals surface area contributed by atoms with E-state index in [1.165, 1.54) is 17.3 Å². The summed E-state index contributed by atoms with van der Waals surface area (Å²) >= 11 is 1.31. The molecular formula is C24H29N5O2S. The average Bonchev–Trinajstić information content (AvgIpc) is 3.12. The normalized spacial score (nSPS) is 10.8. The first kappa shape index (κ1) is 23.5. The van der Waals surface area contributed by atoms with Gasteiger partial charge in [-0.2, -0.15) is 0 Å². The highest BCUT2D eigenvalue weighted by Gasteiger charge is 2.16. The fraction of sp³-hybridized carbons (Fsp3) is 0.333. The van der Waals surface area contributed by atoms with Gasteiger partial charge in [0.25, 0.3) is 0 Å². The van der Waals surface area contributed by atoms with Crippen LogP contribution in [0, 0.1) is 27.7 Å². The molecule has 7 nitrogen and oxygen atoms in total. The van der Waals surface area contributed by atoms with Crippen LogP contribution in [0.4, 0.5) is 11.4 Å². The van der Waals surface area contributed by atoms with Crippen LogP contribution >= 0.6 is 11.8 Å². The first-order valence-corrected chi connectivity index (χ1v) is 11.5. The standard InChI is InChI=1S/C24H29N5O2S/c1-6-29-21(13-22(30)25-19-9-8-16(3)17(4)12-19)27-28-24(29)32-14-23(31)26-20-10-7-15(2)11-18(20)5/h7-12H,6,13-14H2,1-5H3,(H,25,30)(H,26,31). The summed E-state index contributed by atoms with van der Waals surface area (Å²) < 4.78 is 1.87. The summed E-state index contributed by atoms with van der Waals surface area (Å²) in [5.41, 5.74) is 6.05. The van der Waals surface area contributed by atoms with E-state index < -0.39 is 0 Å². The molecule has 1 aromatic heterocycles. The van der Waals surface area contributed by atoms with Gasteiger partial charge >= 0.3 is 0 Å². The maximum absolute atomic E-state index is 12.5. The maximum Gasteiger partial charge on any atom is 0.234 e. The maximum atomic E-state index is 12.5. The van der Waals surface area contributed by atoms with Crippen LogP contribution in [0.15, 0.2) is 41.6 Å². The van der Waals surface area contributed by atoms with Crippen LogP contribution in [-0.2, 0) is 22.6 Å². The van der Waals surface area contributed by atoms with Crippen molar-refractivity contribution < 1.29 is 9.59 Å². The highest BCUT2D eigenvalue weighted by molar-refractivity contribution is 7.99. The van der Waals surface area contributed by atoms with E-state index in [1.54, 1.807) is 0 Å². The number of thioether (sulfide) groups is 1. The second kappa shape index (κ2) is 10.5. The van der Waals surface area contributed by atoms with E-state index in [-0.39, 0.29) is 24.0 Å². The number of hydrogen-bond donors (Lipinski definition) is 2. The summed E-state index contributed by atoms with van der Waals surface area (Å²) in [4.78, 5) is 24.9. The topological polar surface area (TPSA) is 88.9 Å². The van der Waals surface area contributed by atoms with Crippen LogP contribution in [-0.4, -0.2) is 32.3 Å². The Hall–Kier alpha value is -3.13. The van der Waals surface area contributed by atoms with Crippen LogP contribution in [0.25, 0.3) is 0 Å². The minimum atomic E-state index is -0.153. The second-order valence-corrected chi connectivity index (χ2v) is 8.76. The molecule has 0 aliphatic rings. The molecule has 2 aromatic carbocycles. The van der Waals surface area contributed by atoms with Crippen molar-refractivity contribution >= 4 is 35.0 Å². The van der Waals surface area contributed by atoms with Crippen molar-refractivity contribution in [1.29, 1.82) is 0 Å². The van der Waals surface area contributed by atoms with E-state index in [0.717, 1.165) is 28.1 Å². The summed E-state index contributed by atoms with van der Waals surface area (Å²) in [7, 11) is 0. The Bertz CT molecular complexity index is 1140. The molecule has 0 radical (unpaired) electrons. The molecule has 0 aliphatic carbocycles. The van der Waals surface area contributed by atoms with Gasteiger partial charge in [0.05, 0.1) is 12.2 Å². The quantitative estimate of drug-likeness (QED) is 0.494. The average molecular weight is 452 g/mol. The van der Waals surface area contributed by atoms with Gasteiger partial charge in [-0.1, -0.05) is 35.5 Å². The molecule has 3 rings (SSSR count). The highest BCUT2D eigenvalue weighted by Crippen LogP contribution is 2.20. The molecule has 3 aromatic rings. The molecule has 0 aliphatic heterocycles.